The van der Waals surface area contributed by atoms with Crippen LogP contribution in [0.4, 0.5) is 11.4 Å². The number of hydrogen-bond acceptors (Lipinski definition) is 4. The molecule has 2 rings (SSSR count). The van der Waals surface area contributed by atoms with Crippen molar-refractivity contribution in [3.05, 3.63) is 23.8 Å². The number of nitrogens with two attached hydrogens (primary N) is 1. The van der Waals surface area contributed by atoms with Crippen molar-refractivity contribution < 1.29 is 4.74 Å². The van der Waals surface area contributed by atoms with Gasteiger partial charge in [0, 0.05) is 13.2 Å². The van der Waals surface area contributed by atoms with Crippen molar-refractivity contribution in [1.29, 1.82) is 5.26 Å². The molecule has 0 saturated carbocycles. The highest BCUT2D eigenvalue weighted by molar-refractivity contribution is 5.68. The van der Waals surface area contributed by atoms with Gasteiger partial charge in [0.05, 0.1) is 29.1 Å². The molecule has 1 fully saturated rings. The van der Waals surface area contributed by atoms with E-state index in [1.807, 2.05) is 0 Å². The summed E-state index contributed by atoms with van der Waals surface area (Å²) < 4.78 is 5.28. The fourth-order valence-electron chi connectivity index (χ4n) is 1.45. The summed E-state index contributed by atoms with van der Waals surface area (Å²) >= 11 is 0. The predicted molar refractivity (Wildman–Crippen MR) is 58.4 cm³/mol. The van der Waals surface area contributed by atoms with Crippen molar-refractivity contribution >= 4 is 11.4 Å². The average Bonchev–Trinajstić information content (AvgIpc) is 2.18. The molecule has 0 unspecified atom stereocenters. The van der Waals surface area contributed by atoms with Crippen molar-refractivity contribution in [2.45, 2.75) is 12.5 Å². The minimum atomic E-state index is 0.287. The lowest BCUT2D eigenvalue weighted by molar-refractivity contribution is -0.0410. The number of rotatable bonds is 3. The van der Waals surface area contributed by atoms with Crippen LogP contribution < -0.4 is 11.1 Å². The Balaban J connectivity index is 2.02. The van der Waals surface area contributed by atoms with E-state index >= 15 is 0 Å². The van der Waals surface area contributed by atoms with Gasteiger partial charge < -0.3 is 15.8 Å². The van der Waals surface area contributed by atoms with Crippen molar-refractivity contribution in [2.75, 3.05) is 24.2 Å². The molecule has 15 heavy (non-hydrogen) atoms. The molecule has 0 amide bonds. The summed E-state index contributed by atoms with van der Waals surface area (Å²) in [7, 11) is 0. The van der Waals surface area contributed by atoms with Crippen LogP contribution >= 0.6 is 0 Å². The number of nitrogens with one attached hydrogen (secondary N) is 1. The van der Waals surface area contributed by atoms with Gasteiger partial charge in [-0.1, -0.05) is 0 Å². The van der Waals surface area contributed by atoms with Crippen LogP contribution in [0.2, 0.25) is 0 Å². The Bertz CT molecular complexity index is 393. The van der Waals surface area contributed by atoms with Crippen LogP contribution in [0.1, 0.15) is 12.0 Å². The quantitative estimate of drug-likeness (QED) is 0.727. The minimum Gasteiger partial charge on any atom is -0.397 e. The van der Waals surface area contributed by atoms with Crippen molar-refractivity contribution in [2.24, 2.45) is 0 Å². The molecule has 0 radical (unpaired) electrons. The Morgan fingerprint density at radius 3 is 3.00 bits per heavy atom. The lowest BCUT2D eigenvalue weighted by Gasteiger charge is -2.27. The minimum absolute atomic E-state index is 0.287. The van der Waals surface area contributed by atoms with Gasteiger partial charge in [0.2, 0.25) is 0 Å². The summed E-state index contributed by atoms with van der Waals surface area (Å²) in [6.07, 6.45) is 1.38. The molecule has 1 atom stereocenters. The number of anilines is 2. The first-order valence-corrected chi connectivity index (χ1v) is 4.94. The average molecular weight is 203 g/mol. The first kappa shape index (κ1) is 9.81. The Labute approximate surface area is 88.6 Å². The third kappa shape index (κ3) is 2.20. The van der Waals surface area contributed by atoms with Crippen LogP contribution in [0, 0.1) is 11.3 Å². The Kier molecular flexibility index (Phi) is 2.75. The fraction of sp³-hybridized carbons (Fsp3) is 0.364. The molecule has 4 nitrogen and oxygen atoms in total. The Hall–Kier alpha value is -1.73. The molecule has 78 valence electrons. The SMILES string of the molecule is N#Cc1ccc(N)c(NC[C@H]2CCO2)c1. The van der Waals surface area contributed by atoms with E-state index in [4.69, 9.17) is 15.7 Å². The summed E-state index contributed by atoms with van der Waals surface area (Å²) in [5.74, 6) is 0. The maximum absolute atomic E-state index is 8.74. The van der Waals surface area contributed by atoms with E-state index in [9.17, 15) is 0 Å². The van der Waals surface area contributed by atoms with Gasteiger partial charge in [0.15, 0.2) is 0 Å². The van der Waals surface area contributed by atoms with Crippen molar-refractivity contribution in [3.63, 3.8) is 0 Å². The second kappa shape index (κ2) is 4.20. The van der Waals surface area contributed by atoms with E-state index in [2.05, 4.69) is 11.4 Å². The zero-order valence-electron chi connectivity index (χ0n) is 8.36. The zero-order chi connectivity index (χ0) is 10.7. The second-order valence-electron chi connectivity index (χ2n) is 3.58. The number of hydrogen-bond donors (Lipinski definition) is 2. The van der Waals surface area contributed by atoms with Gasteiger partial charge in [-0.25, -0.2) is 0 Å². The molecule has 0 bridgehead atoms. The molecule has 4 heteroatoms. The van der Waals surface area contributed by atoms with Gasteiger partial charge >= 0.3 is 0 Å². The topological polar surface area (TPSA) is 71.1 Å². The Morgan fingerprint density at radius 2 is 2.40 bits per heavy atom. The number of benzene rings is 1. The maximum Gasteiger partial charge on any atom is 0.0992 e. The summed E-state index contributed by atoms with van der Waals surface area (Å²) in [5.41, 5.74) is 7.86. The predicted octanol–water partition coefficient (Wildman–Crippen LogP) is 1.34. The first-order valence-electron chi connectivity index (χ1n) is 4.94. The van der Waals surface area contributed by atoms with Crippen LogP contribution in [0.25, 0.3) is 0 Å². The molecule has 1 aliphatic rings. The van der Waals surface area contributed by atoms with Crippen LogP contribution in [-0.2, 0) is 4.74 Å². The number of nitrogen functional groups attached to an aromatic ring is 1. The van der Waals surface area contributed by atoms with Gasteiger partial charge in [0.1, 0.15) is 0 Å². The summed E-state index contributed by atoms with van der Waals surface area (Å²) in [5, 5.41) is 11.9. The first-order chi connectivity index (χ1) is 7.29. The number of nitriles is 1. The number of ether oxygens (including phenoxy) is 1. The molecule has 0 aromatic heterocycles. The molecule has 1 aliphatic heterocycles. The highest BCUT2D eigenvalue weighted by atomic mass is 16.5. The summed E-state index contributed by atoms with van der Waals surface area (Å²) in [6.45, 7) is 1.60. The van der Waals surface area contributed by atoms with Crippen molar-refractivity contribution in [3.8, 4) is 6.07 Å². The normalized spacial score (nSPS) is 19.0. The highest BCUT2D eigenvalue weighted by Crippen LogP contribution is 2.21. The van der Waals surface area contributed by atoms with Gasteiger partial charge in [0.25, 0.3) is 0 Å². The monoisotopic (exact) mass is 203 g/mol. The highest BCUT2D eigenvalue weighted by Gasteiger charge is 2.17. The van der Waals surface area contributed by atoms with Gasteiger partial charge in [-0.3, -0.25) is 0 Å². The molecular weight excluding hydrogens is 190 g/mol. The molecule has 1 heterocycles. The molecule has 3 N–H and O–H groups in total. The smallest absolute Gasteiger partial charge is 0.0992 e. The summed E-state index contributed by atoms with van der Waals surface area (Å²) in [6, 6.07) is 7.29. The Morgan fingerprint density at radius 1 is 1.60 bits per heavy atom. The molecule has 1 saturated heterocycles. The standard InChI is InChI=1S/C11H13N3O/c12-6-8-1-2-10(13)11(5-8)14-7-9-3-4-15-9/h1-2,5,9,14H,3-4,7,13H2/t9-/m1/s1. The van der Waals surface area contributed by atoms with E-state index in [0.29, 0.717) is 11.3 Å². The molecule has 0 spiro atoms. The largest absolute Gasteiger partial charge is 0.397 e. The second-order valence-corrected chi connectivity index (χ2v) is 3.58. The fourth-order valence-corrected chi connectivity index (χ4v) is 1.45. The van der Waals surface area contributed by atoms with Crippen LogP contribution in [0.3, 0.4) is 0 Å². The van der Waals surface area contributed by atoms with Crippen LogP contribution in [0.5, 0.6) is 0 Å². The molecule has 1 aromatic carbocycles. The van der Waals surface area contributed by atoms with E-state index in [0.717, 1.165) is 25.3 Å². The van der Waals surface area contributed by atoms with E-state index in [-0.39, 0.29) is 6.10 Å². The third-order valence-corrected chi connectivity index (χ3v) is 2.50. The van der Waals surface area contributed by atoms with E-state index in [1.165, 1.54) is 0 Å². The zero-order valence-corrected chi connectivity index (χ0v) is 8.36. The third-order valence-electron chi connectivity index (χ3n) is 2.50. The lowest BCUT2D eigenvalue weighted by atomic mass is 10.1. The van der Waals surface area contributed by atoms with Crippen LogP contribution in [-0.4, -0.2) is 19.3 Å². The van der Waals surface area contributed by atoms with Crippen molar-refractivity contribution in [1.82, 2.24) is 0 Å². The summed E-state index contributed by atoms with van der Waals surface area (Å²) in [4.78, 5) is 0. The van der Waals surface area contributed by atoms with Gasteiger partial charge in [-0.2, -0.15) is 5.26 Å². The lowest BCUT2D eigenvalue weighted by Crippen LogP contribution is -2.33. The molecular formula is C11H13N3O. The maximum atomic E-state index is 8.74. The van der Waals surface area contributed by atoms with E-state index < -0.39 is 0 Å². The van der Waals surface area contributed by atoms with E-state index in [1.54, 1.807) is 18.2 Å². The van der Waals surface area contributed by atoms with Gasteiger partial charge in [-0.15, -0.1) is 0 Å². The number of nitrogens with zero attached hydrogens (tertiary/aromatic N) is 1. The molecule has 1 aromatic rings. The van der Waals surface area contributed by atoms with Crippen LogP contribution in [0.15, 0.2) is 18.2 Å². The van der Waals surface area contributed by atoms with Gasteiger partial charge in [-0.05, 0) is 24.6 Å². The molecule has 0 aliphatic carbocycles.